The zero-order valence-corrected chi connectivity index (χ0v) is 17.0. The second-order valence-corrected chi connectivity index (χ2v) is 8.24. The lowest BCUT2D eigenvalue weighted by Gasteiger charge is -2.38. The number of carbonyl (C=O) groups excluding carboxylic acids is 2. The van der Waals surface area contributed by atoms with E-state index >= 15 is 0 Å². The van der Waals surface area contributed by atoms with Crippen LogP contribution in [0.4, 0.5) is 0 Å². The fraction of sp³-hybridized carbons (Fsp3) is 0.524. The first-order valence-corrected chi connectivity index (χ1v) is 10.5. The van der Waals surface area contributed by atoms with E-state index in [0.29, 0.717) is 49.5 Å². The van der Waals surface area contributed by atoms with E-state index in [9.17, 15) is 9.59 Å². The SMILES string of the molecule is CC1CCCCN1C(=O)CN1CCN(C(=O)c2[nH]c3ccccc3c2Cl)CC1. The molecule has 28 heavy (non-hydrogen) atoms. The monoisotopic (exact) mass is 402 g/mol. The number of halogens is 1. The molecule has 1 aromatic heterocycles. The van der Waals surface area contributed by atoms with E-state index in [1.807, 2.05) is 34.1 Å². The number of para-hydroxylation sites is 1. The summed E-state index contributed by atoms with van der Waals surface area (Å²) in [6, 6.07) is 8.00. The normalized spacial score (nSPS) is 21.3. The maximum absolute atomic E-state index is 12.9. The van der Waals surface area contributed by atoms with Crippen LogP contribution >= 0.6 is 11.6 Å². The molecular formula is C21H27ClN4O2. The Balaban J connectivity index is 1.35. The van der Waals surface area contributed by atoms with Crippen molar-refractivity contribution in [3.63, 3.8) is 0 Å². The summed E-state index contributed by atoms with van der Waals surface area (Å²) in [6.45, 7) is 6.07. The van der Waals surface area contributed by atoms with Crippen LogP contribution in [0.1, 0.15) is 36.7 Å². The number of amides is 2. The van der Waals surface area contributed by atoms with Gasteiger partial charge in [0, 0.05) is 49.7 Å². The van der Waals surface area contributed by atoms with Crippen molar-refractivity contribution in [3.05, 3.63) is 35.0 Å². The van der Waals surface area contributed by atoms with Crippen LogP contribution in [0, 0.1) is 0 Å². The van der Waals surface area contributed by atoms with E-state index in [1.54, 1.807) is 0 Å². The highest BCUT2D eigenvalue weighted by Crippen LogP contribution is 2.28. The first-order valence-electron chi connectivity index (χ1n) is 10.1. The van der Waals surface area contributed by atoms with Gasteiger partial charge in [-0.25, -0.2) is 0 Å². The molecule has 4 rings (SSSR count). The number of rotatable bonds is 3. The van der Waals surface area contributed by atoms with Crippen molar-refractivity contribution in [1.82, 2.24) is 19.7 Å². The van der Waals surface area contributed by atoms with Crippen LogP contribution in [0.2, 0.25) is 5.02 Å². The fourth-order valence-electron chi connectivity index (χ4n) is 4.27. The summed E-state index contributed by atoms with van der Waals surface area (Å²) in [5.74, 6) is 0.141. The molecular weight excluding hydrogens is 376 g/mol. The fourth-order valence-corrected chi connectivity index (χ4v) is 4.57. The molecule has 2 fully saturated rings. The molecule has 0 bridgehead atoms. The highest BCUT2D eigenvalue weighted by Gasteiger charge is 2.29. The van der Waals surface area contributed by atoms with Crippen molar-refractivity contribution < 1.29 is 9.59 Å². The molecule has 2 aliphatic rings. The highest BCUT2D eigenvalue weighted by atomic mass is 35.5. The van der Waals surface area contributed by atoms with Gasteiger partial charge < -0.3 is 14.8 Å². The number of aromatic amines is 1. The molecule has 0 saturated carbocycles. The summed E-state index contributed by atoms with van der Waals surface area (Å²) in [5, 5.41) is 1.35. The minimum Gasteiger partial charge on any atom is -0.349 e. The van der Waals surface area contributed by atoms with Gasteiger partial charge in [0.05, 0.1) is 11.6 Å². The van der Waals surface area contributed by atoms with Gasteiger partial charge in [0.25, 0.3) is 5.91 Å². The van der Waals surface area contributed by atoms with E-state index in [2.05, 4.69) is 16.8 Å². The molecule has 1 aromatic carbocycles. The third-order valence-corrected chi connectivity index (χ3v) is 6.39. The van der Waals surface area contributed by atoms with Gasteiger partial charge in [-0.15, -0.1) is 0 Å². The number of H-pyrrole nitrogens is 1. The number of hydrogen-bond acceptors (Lipinski definition) is 3. The molecule has 7 heteroatoms. The van der Waals surface area contributed by atoms with Crippen molar-refractivity contribution in [2.24, 2.45) is 0 Å². The number of piperazine rings is 1. The van der Waals surface area contributed by atoms with Gasteiger partial charge in [0.2, 0.25) is 5.91 Å². The number of nitrogens with one attached hydrogen (secondary N) is 1. The van der Waals surface area contributed by atoms with Crippen LogP contribution in [0.15, 0.2) is 24.3 Å². The van der Waals surface area contributed by atoms with E-state index < -0.39 is 0 Å². The Hall–Kier alpha value is -2.05. The number of piperidine rings is 1. The minimum atomic E-state index is -0.0724. The number of likely N-dealkylation sites (tertiary alicyclic amines) is 1. The quantitative estimate of drug-likeness (QED) is 0.858. The summed E-state index contributed by atoms with van der Waals surface area (Å²) in [7, 11) is 0. The Bertz CT molecular complexity index is 872. The Labute approximate surface area is 170 Å². The zero-order valence-electron chi connectivity index (χ0n) is 16.3. The van der Waals surface area contributed by atoms with Crippen molar-refractivity contribution >= 4 is 34.3 Å². The largest absolute Gasteiger partial charge is 0.349 e. The third-order valence-electron chi connectivity index (χ3n) is 6.00. The van der Waals surface area contributed by atoms with Crippen molar-refractivity contribution in [1.29, 1.82) is 0 Å². The third kappa shape index (κ3) is 3.76. The number of hydrogen-bond donors (Lipinski definition) is 1. The Morgan fingerprint density at radius 2 is 1.86 bits per heavy atom. The van der Waals surface area contributed by atoms with E-state index in [0.717, 1.165) is 30.3 Å². The predicted octanol–water partition coefficient (Wildman–Crippen LogP) is 2.98. The minimum absolute atomic E-state index is 0.0724. The highest BCUT2D eigenvalue weighted by molar-refractivity contribution is 6.38. The lowest BCUT2D eigenvalue weighted by molar-refractivity contribution is -0.136. The van der Waals surface area contributed by atoms with E-state index in [-0.39, 0.29) is 11.8 Å². The number of aromatic nitrogens is 1. The van der Waals surface area contributed by atoms with Gasteiger partial charge in [-0.05, 0) is 32.3 Å². The van der Waals surface area contributed by atoms with Gasteiger partial charge >= 0.3 is 0 Å². The maximum atomic E-state index is 12.9. The summed E-state index contributed by atoms with van der Waals surface area (Å²) in [6.07, 6.45) is 3.41. The van der Waals surface area contributed by atoms with Crippen LogP contribution in [-0.2, 0) is 4.79 Å². The van der Waals surface area contributed by atoms with Crippen molar-refractivity contribution in [2.75, 3.05) is 39.3 Å². The molecule has 150 valence electrons. The molecule has 6 nitrogen and oxygen atoms in total. The Morgan fingerprint density at radius 3 is 2.57 bits per heavy atom. The standard InChI is InChI=1S/C21H27ClN4O2/c1-15-6-4-5-9-26(15)18(27)14-24-10-12-25(13-11-24)21(28)20-19(22)16-7-2-3-8-17(16)23-20/h2-3,7-8,15,23H,4-6,9-14H2,1H3. The first-order chi connectivity index (χ1) is 13.5. The van der Waals surface area contributed by atoms with E-state index in [1.165, 1.54) is 6.42 Å². The maximum Gasteiger partial charge on any atom is 0.271 e. The molecule has 1 atom stereocenters. The van der Waals surface area contributed by atoms with Crippen molar-refractivity contribution in [3.8, 4) is 0 Å². The first kappa shape index (κ1) is 19.3. The van der Waals surface area contributed by atoms with Gasteiger partial charge in [-0.2, -0.15) is 0 Å². The molecule has 2 saturated heterocycles. The molecule has 1 N–H and O–H groups in total. The molecule has 2 aliphatic heterocycles. The number of nitrogens with zero attached hydrogens (tertiary/aromatic N) is 3. The molecule has 3 heterocycles. The molecule has 0 spiro atoms. The smallest absolute Gasteiger partial charge is 0.271 e. The topological polar surface area (TPSA) is 59.7 Å². The lowest BCUT2D eigenvalue weighted by Crippen LogP contribution is -2.53. The van der Waals surface area contributed by atoms with Crippen LogP contribution < -0.4 is 0 Å². The van der Waals surface area contributed by atoms with Gasteiger partial charge in [0.1, 0.15) is 5.69 Å². The molecule has 1 unspecified atom stereocenters. The summed E-state index contributed by atoms with van der Waals surface area (Å²) in [5.41, 5.74) is 1.32. The summed E-state index contributed by atoms with van der Waals surface area (Å²) in [4.78, 5) is 34.7. The van der Waals surface area contributed by atoms with Gasteiger partial charge in [0.15, 0.2) is 0 Å². The number of carbonyl (C=O) groups is 2. The van der Waals surface area contributed by atoms with Crippen molar-refractivity contribution in [2.45, 2.75) is 32.2 Å². The van der Waals surface area contributed by atoms with Crippen LogP contribution in [0.25, 0.3) is 10.9 Å². The van der Waals surface area contributed by atoms with Crippen LogP contribution in [0.3, 0.4) is 0 Å². The summed E-state index contributed by atoms with van der Waals surface area (Å²) >= 11 is 6.43. The zero-order chi connectivity index (χ0) is 19.7. The number of fused-ring (bicyclic) bond motifs is 1. The second kappa shape index (κ2) is 8.13. The van der Waals surface area contributed by atoms with Gasteiger partial charge in [-0.3, -0.25) is 14.5 Å². The van der Waals surface area contributed by atoms with Crippen LogP contribution in [0.5, 0.6) is 0 Å². The molecule has 0 radical (unpaired) electrons. The van der Waals surface area contributed by atoms with Gasteiger partial charge in [-0.1, -0.05) is 29.8 Å². The Kier molecular flexibility index (Phi) is 5.60. The summed E-state index contributed by atoms with van der Waals surface area (Å²) < 4.78 is 0. The van der Waals surface area contributed by atoms with Crippen LogP contribution in [-0.4, -0.2) is 76.8 Å². The predicted molar refractivity (Wildman–Crippen MR) is 111 cm³/mol. The average molecular weight is 403 g/mol. The second-order valence-electron chi connectivity index (χ2n) is 7.86. The number of benzene rings is 1. The average Bonchev–Trinajstić information content (AvgIpc) is 3.05. The lowest BCUT2D eigenvalue weighted by atomic mass is 10.0. The molecule has 0 aliphatic carbocycles. The molecule has 2 aromatic rings. The molecule has 2 amide bonds. The van der Waals surface area contributed by atoms with E-state index in [4.69, 9.17) is 11.6 Å². The Morgan fingerprint density at radius 1 is 1.11 bits per heavy atom.